The van der Waals surface area contributed by atoms with E-state index in [2.05, 4.69) is 0 Å². The molecule has 18 heavy (non-hydrogen) atoms. The first-order chi connectivity index (χ1) is 8.74. The molecule has 1 aromatic rings. The Morgan fingerprint density at radius 1 is 1.39 bits per heavy atom. The molecule has 0 aromatic carbocycles. The second-order valence-corrected chi connectivity index (χ2v) is 6.07. The van der Waals surface area contributed by atoms with E-state index in [1.165, 1.54) is 19.3 Å². The molecule has 1 aliphatic carbocycles. The second-order valence-electron chi connectivity index (χ2n) is 4.95. The molecule has 0 bridgehead atoms. The van der Waals surface area contributed by atoms with E-state index in [9.17, 15) is 4.79 Å². The highest BCUT2D eigenvalue weighted by molar-refractivity contribution is 7.08. The van der Waals surface area contributed by atoms with Gasteiger partial charge in [-0.1, -0.05) is 19.3 Å². The van der Waals surface area contributed by atoms with Gasteiger partial charge < -0.3 is 4.90 Å². The minimum atomic E-state index is 0.168. The summed E-state index contributed by atoms with van der Waals surface area (Å²) in [5.41, 5.74) is 1.94. The molecule has 0 unspecified atom stereocenters. The Kier molecular flexibility index (Phi) is 5.07. The molecule has 2 nitrogen and oxygen atoms in total. The van der Waals surface area contributed by atoms with Gasteiger partial charge in [-0.25, -0.2) is 0 Å². The van der Waals surface area contributed by atoms with Crippen LogP contribution >= 0.6 is 22.9 Å². The van der Waals surface area contributed by atoms with Crippen LogP contribution in [0.4, 0.5) is 0 Å². The summed E-state index contributed by atoms with van der Waals surface area (Å²) in [7, 11) is 0. The number of alkyl halides is 1. The van der Waals surface area contributed by atoms with Crippen molar-refractivity contribution < 1.29 is 4.79 Å². The van der Waals surface area contributed by atoms with Crippen LogP contribution in [-0.2, 0) is 0 Å². The van der Waals surface area contributed by atoms with Crippen LogP contribution in [0.3, 0.4) is 0 Å². The summed E-state index contributed by atoms with van der Waals surface area (Å²) in [5.74, 6) is 0.687. The highest BCUT2D eigenvalue weighted by Crippen LogP contribution is 2.25. The summed E-state index contributed by atoms with van der Waals surface area (Å²) in [5, 5.41) is 3.99. The van der Waals surface area contributed by atoms with Gasteiger partial charge in [0, 0.05) is 23.8 Å². The highest BCUT2D eigenvalue weighted by Gasteiger charge is 2.26. The van der Waals surface area contributed by atoms with Crippen molar-refractivity contribution in [3.05, 3.63) is 21.9 Å². The maximum Gasteiger partial charge on any atom is 0.255 e. The maximum atomic E-state index is 12.6. The van der Waals surface area contributed by atoms with Gasteiger partial charge in [0.05, 0.1) is 5.56 Å². The summed E-state index contributed by atoms with van der Waals surface area (Å²) in [6.45, 7) is 2.67. The molecule has 0 radical (unpaired) electrons. The first-order valence-electron chi connectivity index (χ1n) is 6.63. The Hall–Kier alpha value is -0.540. The number of rotatable bonds is 4. The molecule has 0 saturated heterocycles. The average molecular weight is 286 g/mol. The van der Waals surface area contributed by atoms with E-state index in [1.54, 1.807) is 11.3 Å². The minimum Gasteiger partial charge on any atom is -0.334 e. The van der Waals surface area contributed by atoms with Crippen molar-refractivity contribution in [1.29, 1.82) is 0 Å². The van der Waals surface area contributed by atoms with Gasteiger partial charge in [-0.05, 0) is 30.7 Å². The predicted octanol–water partition coefficient (Wildman–Crippen LogP) is 4.07. The quantitative estimate of drug-likeness (QED) is 0.764. The van der Waals surface area contributed by atoms with Gasteiger partial charge in [0.1, 0.15) is 0 Å². The number of nitrogens with zero attached hydrogens (tertiary/aromatic N) is 1. The molecule has 0 aliphatic heterocycles. The van der Waals surface area contributed by atoms with E-state index in [1.807, 2.05) is 22.6 Å². The lowest BCUT2D eigenvalue weighted by Gasteiger charge is -2.34. The number of carbonyl (C=O) groups excluding carboxylic acids is 1. The van der Waals surface area contributed by atoms with Gasteiger partial charge >= 0.3 is 0 Å². The molecule has 2 rings (SSSR count). The molecular weight excluding hydrogens is 266 g/mol. The molecule has 1 aliphatic rings. The lowest BCUT2D eigenvalue weighted by molar-refractivity contribution is 0.0649. The molecule has 4 heteroatoms. The Morgan fingerprint density at radius 3 is 2.67 bits per heavy atom. The molecule has 1 amide bonds. The molecule has 0 atom stereocenters. The SMILES string of the molecule is Cc1cscc1C(=O)N(CCCl)C1CCCCC1. The third-order valence-corrected chi connectivity index (χ3v) is 4.72. The van der Waals surface area contributed by atoms with Crippen molar-refractivity contribution in [2.45, 2.75) is 45.1 Å². The molecule has 1 aromatic heterocycles. The number of amides is 1. The Bertz CT molecular complexity index is 398. The largest absolute Gasteiger partial charge is 0.334 e. The van der Waals surface area contributed by atoms with E-state index >= 15 is 0 Å². The number of hydrogen-bond acceptors (Lipinski definition) is 2. The third-order valence-electron chi connectivity index (χ3n) is 3.69. The summed E-state index contributed by atoms with van der Waals surface area (Å²) in [4.78, 5) is 14.6. The van der Waals surface area contributed by atoms with Crippen molar-refractivity contribution >= 4 is 28.8 Å². The Labute approximate surface area is 118 Å². The van der Waals surface area contributed by atoms with Crippen molar-refractivity contribution in [1.82, 2.24) is 4.90 Å². The van der Waals surface area contributed by atoms with Crippen molar-refractivity contribution in [3.8, 4) is 0 Å². The summed E-state index contributed by atoms with van der Waals surface area (Å²) < 4.78 is 0. The van der Waals surface area contributed by atoms with Crippen LogP contribution in [0.25, 0.3) is 0 Å². The van der Waals surface area contributed by atoms with E-state index in [0.29, 0.717) is 18.5 Å². The first-order valence-corrected chi connectivity index (χ1v) is 8.11. The maximum absolute atomic E-state index is 12.6. The third kappa shape index (κ3) is 3.07. The summed E-state index contributed by atoms with van der Waals surface area (Å²) in [6.07, 6.45) is 6.03. The smallest absolute Gasteiger partial charge is 0.255 e. The fraction of sp³-hybridized carbons (Fsp3) is 0.643. The molecular formula is C14H20ClNOS. The molecule has 1 heterocycles. The van der Waals surface area contributed by atoms with Gasteiger partial charge in [0.25, 0.3) is 5.91 Å². The molecule has 1 fully saturated rings. The second kappa shape index (κ2) is 6.58. The van der Waals surface area contributed by atoms with Gasteiger partial charge in [0.2, 0.25) is 0 Å². The van der Waals surface area contributed by atoms with Crippen LogP contribution in [-0.4, -0.2) is 29.3 Å². The monoisotopic (exact) mass is 285 g/mol. The highest BCUT2D eigenvalue weighted by atomic mass is 35.5. The predicted molar refractivity (Wildman–Crippen MR) is 77.7 cm³/mol. The fourth-order valence-corrected chi connectivity index (χ4v) is 3.67. The summed E-state index contributed by atoms with van der Waals surface area (Å²) in [6, 6.07) is 0.393. The van der Waals surface area contributed by atoms with Crippen molar-refractivity contribution in [3.63, 3.8) is 0 Å². The number of aryl methyl sites for hydroxylation is 1. The number of hydrogen-bond donors (Lipinski definition) is 0. The van der Waals surface area contributed by atoms with Crippen LogP contribution in [0.2, 0.25) is 0 Å². The lowest BCUT2D eigenvalue weighted by atomic mass is 9.93. The molecule has 100 valence electrons. The zero-order chi connectivity index (χ0) is 13.0. The lowest BCUT2D eigenvalue weighted by Crippen LogP contribution is -2.42. The zero-order valence-corrected chi connectivity index (χ0v) is 12.4. The van der Waals surface area contributed by atoms with E-state index in [0.717, 1.165) is 24.0 Å². The van der Waals surface area contributed by atoms with Gasteiger partial charge in [-0.2, -0.15) is 11.3 Å². The topological polar surface area (TPSA) is 20.3 Å². The molecule has 0 spiro atoms. The van der Waals surface area contributed by atoms with Crippen LogP contribution in [0, 0.1) is 6.92 Å². The summed E-state index contributed by atoms with van der Waals surface area (Å²) >= 11 is 7.47. The van der Waals surface area contributed by atoms with Crippen LogP contribution in [0.15, 0.2) is 10.8 Å². The van der Waals surface area contributed by atoms with E-state index in [-0.39, 0.29) is 5.91 Å². The van der Waals surface area contributed by atoms with Crippen LogP contribution in [0.1, 0.15) is 48.0 Å². The van der Waals surface area contributed by atoms with Gasteiger partial charge in [0.15, 0.2) is 0 Å². The fourth-order valence-electron chi connectivity index (χ4n) is 2.67. The average Bonchev–Trinajstić information content (AvgIpc) is 2.82. The number of thiophene rings is 1. The van der Waals surface area contributed by atoms with E-state index in [4.69, 9.17) is 11.6 Å². The Morgan fingerprint density at radius 2 is 2.11 bits per heavy atom. The first kappa shape index (κ1) is 13.9. The number of halogens is 1. The van der Waals surface area contributed by atoms with Crippen LogP contribution < -0.4 is 0 Å². The zero-order valence-electron chi connectivity index (χ0n) is 10.8. The van der Waals surface area contributed by atoms with E-state index < -0.39 is 0 Å². The standard InChI is InChI=1S/C14H20ClNOS/c1-11-9-18-10-13(11)14(17)16(8-7-15)12-5-3-2-4-6-12/h9-10,12H,2-8H2,1H3. The minimum absolute atomic E-state index is 0.168. The normalized spacial score (nSPS) is 16.8. The molecule has 1 saturated carbocycles. The van der Waals surface area contributed by atoms with Crippen molar-refractivity contribution in [2.75, 3.05) is 12.4 Å². The Balaban J connectivity index is 2.13. The van der Waals surface area contributed by atoms with Crippen molar-refractivity contribution in [2.24, 2.45) is 0 Å². The molecule has 0 N–H and O–H groups in total. The van der Waals surface area contributed by atoms with Crippen LogP contribution in [0.5, 0.6) is 0 Å². The van der Waals surface area contributed by atoms with Gasteiger partial charge in [-0.15, -0.1) is 11.6 Å². The number of carbonyl (C=O) groups is 1. The van der Waals surface area contributed by atoms with Gasteiger partial charge in [-0.3, -0.25) is 4.79 Å².